The van der Waals surface area contributed by atoms with Crippen LogP contribution in [0.25, 0.3) is 0 Å². The molecule has 16 nitrogen and oxygen atoms in total. The van der Waals surface area contributed by atoms with Crippen molar-refractivity contribution in [2.45, 2.75) is 73.6 Å². The van der Waals surface area contributed by atoms with Crippen molar-refractivity contribution in [3.63, 3.8) is 0 Å². The van der Waals surface area contributed by atoms with Gasteiger partial charge in [0.05, 0.1) is 37.9 Å². The normalized spacial score (nSPS) is 35.6. The van der Waals surface area contributed by atoms with Gasteiger partial charge in [-0.3, -0.25) is 4.79 Å². The van der Waals surface area contributed by atoms with E-state index in [1.54, 1.807) is 0 Å². The standard InChI is InChI=1S/C28H34O16/c1-41-12-4-8(2-3-9(12)31)11-5-10(32)15-20(35)16(27-24(39)22(37)18(33)13(6-29)43-27)21(36)17(26(15)42-11)28-25(40)23(38)19(34)14(7-30)44-28/h2-4,11,13-14,18-19,22-25,27-31,33-40H,5-7H2,1H3/t11?,13-,14-,18-,19-,22+,23+,24-,25-,27+,28+/m1/s1. The Balaban J connectivity index is 1.72. The second kappa shape index (κ2) is 12.2. The number of aromatic hydroxyl groups is 3. The highest BCUT2D eigenvalue weighted by atomic mass is 16.6. The minimum atomic E-state index is -2.03. The molecular formula is C28H34O16. The van der Waals surface area contributed by atoms with Crippen molar-refractivity contribution in [1.82, 2.24) is 0 Å². The first-order chi connectivity index (χ1) is 20.9. The van der Waals surface area contributed by atoms with Gasteiger partial charge in [0.2, 0.25) is 0 Å². The molecule has 16 heteroatoms. The van der Waals surface area contributed by atoms with E-state index < -0.39 is 127 Å². The molecule has 11 N–H and O–H groups in total. The Bertz CT molecular complexity index is 1390. The van der Waals surface area contributed by atoms with E-state index in [1.807, 2.05) is 0 Å². The molecule has 2 fully saturated rings. The highest BCUT2D eigenvalue weighted by Gasteiger charge is 2.51. The summed E-state index contributed by atoms with van der Waals surface area (Å²) in [5.74, 6) is -3.42. The largest absolute Gasteiger partial charge is 0.507 e. The number of carbonyl (C=O) groups excluding carboxylic acids is 1. The average molecular weight is 627 g/mol. The van der Waals surface area contributed by atoms with Gasteiger partial charge in [0, 0.05) is 0 Å². The highest BCUT2D eigenvalue weighted by molar-refractivity contribution is 6.04. The zero-order valence-electron chi connectivity index (χ0n) is 23.2. The molecule has 44 heavy (non-hydrogen) atoms. The van der Waals surface area contributed by atoms with Crippen molar-refractivity contribution < 1.29 is 79.9 Å². The first-order valence-electron chi connectivity index (χ1n) is 13.7. The van der Waals surface area contributed by atoms with Gasteiger partial charge < -0.3 is 75.1 Å². The van der Waals surface area contributed by atoms with Gasteiger partial charge in [-0.2, -0.15) is 0 Å². The maximum atomic E-state index is 13.7. The summed E-state index contributed by atoms with van der Waals surface area (Å²) in [6, 6.07) is 4.09. The number of aliphatic hydroxyl groups is 8. The van der Waals surface area contributed by atoms with E-state index >= 15 is 0 Å². The van der Waals surface area contributed by atoms with Crippen LogP contribution in [0.3, 0.4) is 0 Å². The van der Waals surface area contributed by atoms with E-state index in [-0.39, 0.29) is 11.5 Å². The monoisotopic (exact) mass is 626 g/mol. The number of benzene rings is 2. The van der Waals surface area contributed by atoms with Gasteiger partial charge in [-0.05, 0) is 17.7 Å². The lowest BCUT2D eigenvalue weighted by Gasteiger charge is -2.43. The molecule has 0 aliphatic carbocycles. The lowest BCUT2D eigenvalue weighted by molar-refractivity contribution is -0.234. The predicted octanol–water partition coefficient (Wildman–Crippen LogP) is -2.45. The fraction of sp³-hybridized carbons (Fsp3) is 0.536. The molecule has 0 saturated carbocycles. The van der Waals surface area contributed by atoms with E-state index in [2.05, 4.69) is 0 Å². The summed E-state index contributed by atoms with van der Waals surface area (Å²) < 4.78 is 22.4. The quantitative estimate of drug-likeness (QED) is 0.159. The van der Waals surface area contributed by atoms with Gasteiger partial charge in [-0.15, -0.1) is 0 Å². The van der Waals surface area contributed by atoms with Crippen molar-refractivity contribution in [2.75, 3.05) is 20.3 Å². The number of hydrogen-bond acceptors (Lipinski definition) is 16. The van der Waals surface area contributed by atoms with Crippen LogP contribution in [0, 0.1) is 0 Å². The van der Waals surface area contributed by atoms with Crippen molar-refractivity contribution in [2.24, 2.45) is 0 Å². The number of ether oxygens (including phenoxy) is 4. The summed E-state index contributed by atoms with van der Waals surface area (Å²) in [5, 5.41) is 116. The SMILES string of the molecule is COc1cc(C2CC(=O)c3c(O)c([C@@H]4O[C@H](CO)[C@@H](O)[C@H](O)[C@H]4O)c(O)c([C@@H]4O[C@H](CO)[C@@H](O)[C@H](O)[C@H]4O)c3O2)ccc1O. The Morgan fingerprint density at radius 3 is 1.84 bits per heavy atom. The summed E-state index contributed by atoms with van der Waals surface area (Å²) in [6.07, 6.45) is -19.7. The maximum Gasteiger partial charge on any atom is 0.174 e. The molecule has 2 aromatic carbocycles. The van der Waals surface area contributed by atoms with E-state index in [0.717, 1.165) is 0 Å². The molecule has 0 radical (unpaired) electrons. The second-order valence-electron chi connectivity index (χ2n) is 10.9. The van der Waals surface area contributed by atoms with Gasteiger partial charge in [0.1, 0.15) is 90.0 Å². The van der Waals surface area contributed by atoms with Crippen LogP contribution < -0.4 is 9.47 Å². The molecule has 2 aromatic rings. The number of fused-ring (bicyclic) bond motifs is 1. The summed E-state index contributed by atoms with van der Waals surface area (Å²) >= 11 is 0. The number of aliphatic hydroxyl groups excluding tert-OH is 8. The number of hydrogen-bond donors (Lipinski definition) is 11. The van der Waals surface area contributed by atoms with Crippen LogP contribution in [0.2, 0.25) is 0 Å². The van der Waals surface area contributed by atoms with Crippen LogP contribution in [-0.4, -0.2) is 131 Å². The third-order valence-corrected chi connectivity index (χ3v) is 8.31. The Kier molecular flexibility index (Phi) is 8.94. The Morgan fingerprint density at radius 1 is 0.773 bits per heavy atom. The van der Waals surface area contributed by atoms with E-state index in [0.29, 0.717) is 5.56 Å². The number of phenols is 3. The molecule has 0 aromatic heterocycles. The summed E-state index contributed by atoms with van der Waals surface area (Å²) in [5.41, 5.74) is -1.50. The van der Waals surface area contributed by atoms with Gasteiger partial charge in [0.15, 0.2) is 17.3 Å². The fourth-order valence-corrected chi connectivity index (χ4v) is 5.87. The Labute approximate surface area is 249 Å². The second-order valence-corrected chi connectivity index (χ2v) is 10.9. The Hall–Kier alpha value is -3.29. The molecule has 0 amide bonds. The molecule has 1 unspecified atom stereocenters. The number of methoxy groups -OCH3 is 1. The van der Waals surface area contributed by atoms with Crippen LogP contribution in [0.4, 0.5) is 0 Å². The van der Waals surface area contributed by atoms with Gasteiger partial charge in [0.25, 0.3) is 0 Å². The van der Waals surface area contributed by atoms with Crippen LogP contribution in [0.5, 0.6) is 28.7 Å². The molecule has 242 valence electrons. The molecule has 3 aliphatic rings. The van der Waals surface area contributed by atoms with E-state index in [1.165, 1.54) is 25.3 Å². The topological polar surface area (TPSA) is 277 Å². The number of phenolic OH excluding ortho intramolecular Hbond substituents is 3. The summed E-state index contributed by atoms with van der Waals surface area (Å²) in [6.45, 7) is -1.70. The molecule has 2 saturated heterocycles. The minimum absolute atomic E-state index is 0.0437. The third kappa shape index (κ3) is 5.12. The van der Waals surface area contributed by atoms with Crippen LogP contribution >= 0.6 is 0 Å². The first kappa shape index (κ1) is 32.1. The van der Waals surface area contributed by atoms with Crippen molar-refractivity contribution in [3.8, 4) is 28.7 Å². The minimum Gasteiger partial charge on any atom is -0.507 e. The number of rotatable bonds is 6. The number of Topliss-reactive ketones (excluding diaryl/α,β-unsaturated/α-hetero) is 1. The molecule has 3 aliphatic heterocycles. The van der Waals surface area contributed by atoms with Crippen LogP contribution in [-0.2, 0) is 9.47 Å². The van der Waals surface area contributed by atoms with Crippen molar-refractivity contribution in [3.05, 3.63) is 40.5 Å². The maximum absolute atomic E-state index is 13.7. The molecule has 11 atom stereocenters. The summed E-state index contributed by atoms with van der Waals surface area (Å²) in [7, 11) is 1.30. The Morgan fingerprint density at radius 2 is 1.32 bits per heavy atom. The number of ketones is 1. The van der Waals surface area contributed by atoms with Crippen LogP contribution in [0.15, 0.2) is 18.2 Å². The smallest absolute Gasteiger partial charge is 0.174 e. The predicted molar refractivity (Wildman–Crippen MR) is 142 cm³/mol. The zero-order valence-corrected chi connectivity index (χ0v) is 23.2. The van der Waals surface area contributed by atoms with Crippen molar-refractivity contribution in [1.29, 1.82) is 0 Å². The lowest BCUT2D eigenvalue weighted by Crippen LogP contribution is -2.55. The average Bonchev–Trinajstić information content (AvgIpc) is 3.00. The third-order valence-electron chi connectivity index (χ3n) is 8.31. The fourth-order valence-electron chi connectivity index (χ4n) is 5.87. The highest BCUT2D eigenvalue weighted by Crippen LogP contribution is 2.55. The molecule has 0 bridgehead atoms. The van der Waals surface area contributed by atoms with E-state index in [9.17, 15) is 61.0 Å². The number of carbonyl (C=O) groups is 1. The van der Waals surface area contributed by atoms with E-state index in [4.69, 9.17) is 18.9 Å². The molecular weight excluding hydrogens is 592 g/mol. The van der Waals surface area contributed by atoms with Gasteiger partial charge in [-0.1, -0.05) is 6.07 Å². The molecule has 3 heterocycles. The molecule has 5 rings (SSSR count). The van der Waals surface area contributed by atoms with Gasteiger partial charge >= 0.3 is 0 Å². The zero-order chi connectivity index (χ0) is 32.2. The molecule has 0 spiro atoms. The van der Waals surface area contributed by atoms with Crippen molar-refractivity contribution >= 4 is 5.78 Å². The lowest BCUT2D eigenvalue weighted by atomic mass is 9.82. The summed E-state index contributed by atoms with van der Waals surface area (Å²) in [4.78, 5) is 13.7. The van der Waals surface area contributed by atoms with Gasteiger partial charge in [-0.25, -0.2) is 0 Å². The van der Waals surface area contributed by atoms with Crippen LogP contribution in [0.1, 0.15) is 51.8 Å². The first-order valence-corrected chi connectivity index (χ1v) is 13.7.